The van der Waals surface area contributed by atoms with Gasteiger partial charge in [-0.25, -0.2) is 9.78 Å². The first-order chi connectivity index (χ1) is 10.4. The van der Waals surface area contributed by atoms with Crippen molar-refractivity contribution in [1.29, 1.82) is 0 Å². The van der Waals surface area contributed by atoms with Crippen molar-refractivity contribution >= 4 is 17.3 Å². The minimum atomic E-state index is -0.486. The molecular formula is C15H20N4O3. The van der Waals surface area contributed by atoms with Crippen LogP contribution in [0, 0.1) is 0 Å². The fourth-order valence-electron chi connectivity index (χ4n) is 2.35. The lowest BCUT2D eigenvalue weighted by Gasteiger charge is -2.24. The van der Waals surface area contributed by atoms with Crippen LogP contribution in [0.15, 0.2) is 18.3 Å². The summed E-state index contributed by atoms with van der Waals surface area (Å²) in [6.45, 7) is 6.69. The van der Waals surface area contributed by atoms with Crippen molar-refractivity contribution in [2.75, 3.05) is 13.1 Å². The van der Waals surface area contributed by atoms with Gasteiger partial charge in [0.25, 0.3) is 6.01 Å². The summed E-state index contributed by atoms with van der Waals surface area (Å²) in [5.74, 6) is 0. The lowest BCUT2D eigenvalue weighted by atomic mass is 10.2. The van der Waals surface area contributed by atoms with E-state index in [0.29, 0.717) is 24.7 Å². The number of likely N-dealkylation sites (tertiary alicyclic amines) is 1. The number of carbonyl (C=O) groups excluding carboxylic acids is 1. The molecule has 1 saturated heterocycles. The van der Waals surface area contributed by atoms with Crippen LogP contribution in [0.5, 0.6) is 6.01 Å². The molecule has 1 amide bonds. The average molecular weight is 304 g/mol. The lowest BCUT2D eigenvalue weighted by molar-refractivity contribution is 0.0274. The Morgan fingerprint density at radius 3 is 3.00 bits per heavy atom. The van der Waals surface area contributed by atoms with E-state index in [1.54, 1.807) is 11.1 Å². The average Bonchev–Trinajstić information content (AvgIpc) is 3.02. The van der Waals surface area contributed by atoms with E-state index >= 15 is 0 Å². The van der Waals surface area contributed by atoms with Gasteiger partial charge in [-0.05, 0) is 32.9 Å². The molecule has 1 fully saturated rings. The van der Waals surface area contributed by atoms with E-state index in [4.69, 9.17) is 9.47 Å². The SMILES string of the molecule is CC(C)(C)OC(=O)N1CC[C@H](Oc2nc3ncccc3[nH]2)C1. The molecule has 0 bridgehead atoms. The number of hydrogen-bond acceptors (Lipinski definition) is 5. The lowest BCUT2D eigenvalue weighted by Crippen LogP contribution is -2.36. The van der Waals surface area contributed by atoms with E-state index in [1.807, 2.05) is 32.9 Å². The van der Waals surface area contributed by atoms with Crippen LogP contribution in [-0.4, -0.2) is 50.7 Å². The maximum absolute atomic E-state index is 12.0. The highest BCUT2D eigenvalue weighted by Gasteiger charge is 2.31. The molecule has 1 N–H and O–H groups in total. The number of aromatic amines is 1. The molecule has 0 saturated carbocycles. The van der Waals surface area contributed by atoms with E-state index in [2.05, 4.69) is 15.0 Å². The Bertz CT molecular complexity index is 644. The summed E-state index contributed by atoms with van der Waals surface area (Å²) >= 11 is 0. The third-order valence-corrected chi connectivity index (χ3v) is 3.31. The molecule has 0 aromatic carbocycles. The number of rotatable bonds is 2. The minimum Gasteiger partial charge on any atom is -0.459 e. The number of amides is 1. The molecule has 1 aliphatic rings. The molecule has 0 spiro atoms. The minimum absolute atomic E-state index is 0.0897. The molecule has 2 aromatic rings. The Balaban J connectivity index is 1.60. The van der Waals surface area contributed by atoms with Gasteiger partial charge in [0, 0.05) is 19.2 Å². The zero-order valence-electron chi connectivity index (χ0n) is 13.0. The molecule has 2 aromatic heterocycles. The number of carbonyl (C=O) groups is 1. The number of pyridine rings is 1. The van der Waals surface area contributed by atoms with E-state index in [1.165, 1.54) is 0 Å². The van der Waals surface area contributed by atoms with Gasteiger partial charge in [-0.3, -0.25) is 0 Å². The fraction of sp³-hybridized carbons (Fsp3) is 0.533. The Kier molecular flexibility index (Phi) is 3.64. The second-order valence-corrected chi connectivity index (χ2v) is 6.37. The highest BCUT2D eigenvalue weighted by atomic mass is 16.6. The predicted octanol–water partition coefficient (Wildman–Crippen LogP) is 2.35. The summed E-state index contributed by atoms with van der Waals surface area (Å²) in [6.07, 6.45) is 2.05. The Hall–Kier alpha value is -2.31. The smallest absolute Gasteiger partial charge is 0.410 e. The van der Waals surface area contributed by atoms with Crippen LogP contribution < -0.4 is 4.74 Å². The van der Waals surface area contributed by atoms with Crippen LogP contribution in [0.3, 0.4) is 0 Å². The number of nitrogens with zero attached hydrogens (tertiary/aromatic N) is 3. The molecule has 0 radical (unpaired) electrons. The third-order valence-electron chi connectivity index (χ3n) is 3.31. The Morgan fingerprint density at radius 2 is 2.27 bits per heavy atom. The van der Waals surface area contributed by atoms with Crippen molar-refractivity contribution in [3.63, 3.8) is 0 Å². The Morgan fingerprint density at radius 1 is 1.45 bits per heavy atom. The van der Waals surface area contributed by atoms with Crippen molar-refractivity contribution in [3.8, 4) is 6.01 Å². The maximum atomic E-state index is 12.0. The highest BCUT2D eigenvalue weighted by Crippen LogP contribution is 2.20. The molecule has 1 aliphatic heterocycles. The molecule has 1 atom stereocenters. The maximum Gasteiger partial charge on any atom is 0.410 e. The normalized spacial score (nSPS) is 18.7. The van der Waals surface area contributed by atoms with Crippen LogP contribution in [0.1, 0.15) is 27.2 Å². The van der Waals surface area contributed by atoms with E-state index in [-0.39, 0.29) is 12.2 Å². The van der Waals surface area contributed by atoms with Gasteiger partial charge in [-0.1, -0.05) is 0 Å². The fourth-order valence-corrected chi connectivity index (χ4v) is 2.35. The molecule has 118 valence electrons. The van der Waals surface area contributed by atoms with E-state index < -0.39 is 5.60 Å². The van der Waals surface area contributed by atoms with Gasteiger partial charge in [0.1, 0.15) is 11.7 Å². The molecule has 3 rings (SSSR count). The second-order valence-electron chi connectivity index (χ2n) is 6.37. The van der Waals surface area contributed by atoms with E-state index in [9.17, 15) is 4.79 Å². The molecule has 0 aliphatic carbocycles. The van der Waals surface area contributed by atoms with Crippen molar-refractivity contribution in [3.05, 3.63) is 18.3 Å². The van der Waals surface area contributed by atoms with Gasteiger partial charge in [0.05, 0.1) is 12.1 Å². The summed E-state index contributed by atoms with van der Waals surface area (Å²) in [5, 5.41) is 0. The van der Waals surface area contributed by atoms with Crippen LogP contribution in [-0.2, 0) is 4.74 Å². The van der Waals surface area contributed by atoms with Crippen molar-refractivity contribution in [1.82, 2.24) is 19.9 Å². The summed E-state index contributed by atoms with van der Waals surface area (Å²) in [7, 11) is 0. The van der Waals surface area contributed by atoms with Crippen LogP contribution in [0.4, 0.5) is 4.79 Å². The monoisotopic (exact) mass is 304 g/mol. The summed E-state index contributed by atoms with van der Waals surface area (Å²) in [6, 6.07) is 4.17. The van der Waals surface area contributed by atoms with Gasteiger partial charge in [-0.2, -0.15) is 4.98 Å². The van der Waals surface area contributed by atoms with Gasteiger partial charge in [0.15, 0.2) is 5.65 Å². The number of imidazole rings is 1. The molecular weight excluding hydrogens is 284 g/mol. The van der Waals surface area contributed by atoms with Crippen molar-refractivity contribution < 1.29 is 14.3 Å². The molecule has 0 unspecified atom stereocenters. The largest absolute Gasteiger partial charge is 0.459 e. The number of nitrogens with one attached hydrogen (secondary N) is 1. The quantitative estimate of drug-likeness (QED) is 0.921. The van der Waals surface area contributed by atoms with Crippen molar-refractivity contribution in [2.45, 2.75) is 38.9 Å². The van der Waals surface area contributed by atoms with E-state index in [0.717, 1.165) is 11.9 Å². The number of fused-ring (bicyclic) bond motifs is 1. The predicted molar refractivity (Wildman–Crippen MR) is 80.7 cm³/mol. The molecule has 3 heterocycles. The van der Waals surface area contributed by atoms with Crippen LogP contribution in [0.2, 0.25) is 0 Å². The first-order valence-electron chi connectivity index (χ1n) is 7.36. The molecule has 7 heteroatoms. The topological polar surface area (TPSA) is 80.3 Å². The van der Waals surface area contributed by atoms with Gasteiger partial charge in [-0.15, -0.1) is 0 Å². The Labute approximate surface area is 128 Å². The van der Waals surface area contributed by atoms with Gasteiger partial charge >= 0.3 is 6.09 Å². The molecule has 22 heavy (non-hydrogen) atoms. The highest BCUT2D eigenvalue weighted by molar-refractivity contribution is 5.70. The first-order valence-corrected chi connectivity index (χ1v) is 7.36. The molecule has 7 nitrogen and oxygen atoms in total. The first kappa shape index (κ1) is 14.6. The standard InChI is InChI=1S/C15H20N4O3/c1-15(2,3)22-14(20)19-8-6-10(9-19)21-13-17-11-5-4-7-16-12(11)18-13/h4-5,7,10H,6,8-9H2,1-3H3,(H,16,17,18)/t10-/m0/s1. The third kappa shape index (κ3) is 3.29. The second kappa shape index (κ2) is 5.47. The van der Waals surface area contributed by atoms with Gasteiger partial charge in [0.2, 0.25) is 0 Å². The van der Waals surface area contributed by atoms with Crippen molar-refractivity contribution in [2.24, 2.45) is 0 Å². The number of aromatic nitrogens is 3. The summed E-state index contributed by atoms with van der Waals surface area (Å²) in [5.41, 5.74) is 0.972. The number of ether oxygens (including phenoxy) is 2. The van der Waals surface area contributed by atoms with Gasteiger partial charge < -0.3 is 19.4 Å². The summed E-state index contributed by atoms with van der Waals surface area (Å²) in [4.78, 5) is 25.2. The van der Waals surface area contributed by atoms with Crippen LogP contribution in [0.25, 0.3) is 11.2 Å². The number of hydrogen-bond donors (Lipinski definition) is 1. The zero-order valence-corrected chi connectivity index (χ0v) is 13.0. The van der Waals surface area contributed by atoms with Crippen LogP contribution >= 0.6 is 0 Å². The number of H-pyrrole nitrogens is 1. The zero-order chi connectivity index (χ0) is 15.7. The summed E-state index contributed by atoms with van der Waals surface area (Å²) < 4.78 is 11.2.